The van der Waals surface area contributed by atoms with Crippen molar-refractivity contribution in [2.75, 3.05) is 18.2 Å². The molecule has 8 heteroatoms. The van der Waals surface area contributed by atoms with Crippen molar-refractivity contribution in [3.8, 4) is 5.75 Å². The van der Waals surface area contributed by atoms with Crippen LogP contribution in [0.25, 0.3) is 0 Å². The number of nitrogens with two attached hydrogens (primary N) is 1. The Morgan fingerprint density at radius 2 is 2.15 bits per heavy atom. The molecule has 8 nitrogen and oxygen atoms in total. The van der Waals surface area contributed by atoms with Gasteiger partial charge in [0.15, 0.2) is 0 Å². The zero-order valence-electron chi connectivity index (χ0n) is 11.0. The lowest BCUT2D eigenvalue weighted by Gasteiger charge is -2.09. The molecule has 0 aliphatic carbocycles. The Morgan fingerprint density at radius 1 is 1.40 bits per heavy atom. The van der Waals surface area contributed by atoms with Gasteiger partial charge in [-0.25, -0.2) is 4.98 Å². The fourth-order valence-corrected chi connectivity index (χ4v) is 1.73. The quantitative estimate of drug-likeness (QED) is 0.647. The van der Waals surface area contributed by atoms with Crippen molar-refractivity contribution in [1.29, 1.82) is 0 Å². The Labute approximate surface area is 114 Å². The number of anilines is 3. The first-order chi connectivity index (χ1) is 9.51. The lowest BCUT2D eigenvalue weighted by Crippen LogP contribution is -2.07. The molecule has 0 atom stereocenters. The van der Waals surface area contributed by atoms with E-state index in [1.54, 1.807) is 24.3 Å². The average molecular weight is 275 g/mol. The molecule has 20 heavy (non-hydrogen) atoms. The van der Waals surface area contributed by atoms with Crippen LogP contribution in [0.2, 0.25) is 0 Å². The number of methoxy groups -OCH3 is 1. The number of benzene rings is 1. The number of aryl methyl sites for hydroxylation is 1. The first kappa shape index (κ1) is 13.5. The van der Waals surface area contributed by atoms with E-state index in [2.05, 4.69) is 15.3 Å². The number of hydrogen-bond donors (Lipinski definition) is 2. The highest BCUT2D eigenvalue weighted by molar-refractivity contribution is 5.68. The van der Waals surface area contributed by atoms with Gasteiger partial charge in [0.1, 0.15) is 11.4 Å². The molecule has 2 rings (SSSR count). The number of nitrogen functional groups attached to an aromatic ring is 1. The molecular weight excluding hydrogens is 262 g/mol. The fraction of sp³-hybridized carbons (Fsp3) is 0.167. The second-order valence-electron chi connectivity index (χ2n) is 3.98. The summed E-state index contributed by atoms with van der Waals surface area (Å²) in [4.78, 5) is 18.2. The molecule has 0 spiro atoms. The largest absolute Gasteiger partial charge is 0.497 e. The maximum absolute atomic E-state index is 11.1. The molecule has 3 N–H and O–H groups in total. The Balaban J connectivity index is 2.44. The van der Waals surface area contributed by atoms with Gasteiger partial charge in [-0.3, -0.25) is 10.1 Å². The SMILES string of the molecule is COc1cccc(Nc2nc(N)nc(C)c2[N+](=O)[O-])c1. The van der Waals surface area contributed by atoms with Gasteiger partial charge in [0.05, 0.1) is 12.0 Å². The minimum Gasteiger partial charge on any atom is -0.497 e. The maximum atomic E-state index is 11.1. The van der Waals surface area contributed by atoms with E-state index >= 15 is 0 Å². The fourth-order valence-electron chi connectivity index (χ4n) is 1.73. The van der Waals surface area contributed by atoms with Crippen LogP contribution in [-0.2, 0) is 0 Å². The summed E-state index contributed by atoms with van der Waals surface area (Å²) in [6, 6.07) is 6.95. The summed E-state index contributed by atoms with van der Waals surface area (Å²) in [7, 11) is 1.54. The highest BCUT2D eigenvalue weighted by atomic mass is 16.6. The summed E-state index contributed by atoms with van der Waals surface area (Å²) >= 11 is 0. The predicted octanol–water partition coefficient (Wildman–Crippen LogP) is 2.03. The standard InChI is InChI=1S/C12H13N5O3/c1-7-10(17(18)19)11(16-12(13)14-7)15-8-4-3-5-9(6-8)20-2/h3-6H,1-2H3,(H3,13,14,15,16). The van der Waals surface area contributed by atoms with E-state index in [-0.39, 0.29) is 23.1 Å². The monoisotopic (exact) mass is 275 g/mol. The molecule has 1 aromatic carbocycles. The third-order valence-electron chi connectivity index (χ3n) is 2.59. The molecule has 2 aromatic rings. The summed E-state index contributed by atoms with van der Waals surface area (Å²) in [5.41, 5.74) is 6.13. The molecule has 104 valence electrons. The van der Waals surface area contributed by atoms with Crippen LogP contribution in [0.3, 0.4) is 0 Å². The van der Waals surface area contributed by atoms with E-state index in [1.807, 2.05) is 0 Å². The number of hydrogen-bond acceptors (Lipinski definition) is 7. The van der Waals surface area contributed by atoms with Gasteiger partial charge in [-0.2, -0.15) is 4.98 Å². The van der Waals surface area contributed by atoms with Crippen LogP contribution in [0.15, 0.2) is 24.3 Å². The molecule has 1 aromatic heterocycles. The molecule has 0 aliphatic rings. The van der Waals surface area contributed by atoms with E-state index in [4.69, 9.17) is 10.5 Å². The molecular formula is C12H13N5O3. The zero-order valence-corrected chi connectivity index (χ0v) is 11.0. The van der Waals surface area contributed by atoms with Gasteiger partial charge >= 0.3 is 5.69 Å². The van der Waals surface area contributed by atoms with Crippen molar-refractivity contribution >= 4 is 23.1 Å². The zero-order chi connectivity index (χ0) is 14.7. The summed E-state index contributed by atoms with van der Waals surface area (Å²) in [6.07, 6.45) is 0. The molecule has 0 saturated carbocycles. The Morgan fingerprint density at radius 3 is 2.80 bits per heavy atom. The number of nitrogens with zero attached hydrogens (tertiary/aromatic N) is 3. The number of ether oxygens (including phenoxy) is 1. The highest BCUT2D eigenvalue weighted by Crippen LogP contribution is 2.29. The minimum absolute atomic E-state index is 0.0292. The molecule has 0 saturated heterocycles. The third kappa shape index (κ3) is 2.74. The minimum atomic E-state index is -0.544. The van der Waals surface area contributed by atoms with Crippen LogP contribution in [0.4, 0.5) is 23.1 Å². The van der Waals surface area contributed by atoms with Crippen molar-refractivity contribution in [3.63, 3.8) is 0 Å². The van der Waals surface area contributed by atoms with Crippen molar-refractivity contribution in [1.82, 2.24) is 9.97 Å². The van der Waals surface area contributed by atoms with Crippen molar-refractivity contribution in [2.24, 2.45) is 0 Å². The molecule has 1 heterocycles. The Bertz CT molecular complexity index is 660. The van der Waals surface area contributed by atoms with E-state index in [1.165, 1.54) is 14.0 Å². The van der Waals surface area contributed by atoms with Gasteiger partial charge in [0, 0.05) is 11.8 Å². The van der Waals surface area contributed by atoms with Gasteiger partial charge in [-0.05, 0) is 19.1 Å². The molecule has 0 unspecified atom stereocenters. The maximum Gasteiger partial charge on any atom is 0.332 e. The number of nitrogens with one attached hydrogen (secondary N) is 1. The van der Waals surface area contributed by atoms with Gasteiger partial charge < -0.3 is 15.8 Å². The molecule has 0 amide bonds. The van der Waals surface area contributed by atoms with Gasteiger partial charge in [-0.1, -0.05) is 6.07 Å². The highest BCUT2D eigenvalue weighted by Gasteiger charge is 2.21. The summed E-state index contributed by atoms with van der Waals surface area (Å²) in [5, 5.41) is 13.9. The average Bonchev–Trinajstić information content (AvgIpc) is 2.37. The van der Waals surface area contributed by atoms with Gasteiger partial charge in [0.2, 0.25) is 11.8 Å². The molecule has 0 fully saturated rings. The third-order valence-corrected chi connectivity index (χ3v) is 2.59. The topological polar surface area (TPSA) is 116 Å². The van der Waals surface area contributed by atoms with Crippen LogP contribution in [0.1, 0.15) is 5.69 Å². The van der Waals surface area contributed by atoms with Crippen LogP contribution >= 0.6 is 0 Å². The second-order valence-corrected chi connectivity index (χ2v) is 3.98. The van der Waals surface area contributed by atoms with E-state index < -0.39 is 4.92 Å². The predicted molar refractivity (Wildman–Crippen MR) is 74.1 cm³/mol. The lowest BCUT2D eigenvalue weighted by molar-refractivity contribution is -0.385. The smallest absolute Gasteiger partial charge is 0.332 e. The van der Waals surface area contributed by atoms with Crippen LogP contribution < -0.4 is 15.8 Å². The van der Waals surface area contributed by atoms with Crippen LogP contribution in [0.5, 0.6) is 5.75 Å². The Kier molecular flexibility index (Phi) is 3.65. The van der Waals surface area contributed by atoms with Crippen LogP contribution in [0, 0.1) is 17.0 Å². The first-order valence-electron chi connectivity index (χ1n) is 5.71. The number of aromatic nitrogens is 2. The summed E-state index contributed by atoms with van der Waals surface area (Å²) in [6.45, 7) is 1.51. The van der Waals surface area contributed by atoms with Crippen molar-refractivity contribution < 1.29 is 9.66 Å². The molecule has 0 bridgehead atoms. The van der Waals surface area contributed by atoms with Gasteiger partial charge in [0.25, 0.3) is 0 Å². The number of rotatable bonds is 4. The van der Waals surface area contributed by atoms with E-state index in [0.29, 0.717) is 11.4 Å². The van der Waals surface area contributed by atoms with E-state index in [9.17, 15) is 10.1 Å². The summed E-state index contributed by atoms with van der Waals surface area (Å²) in [5.74, 6) is 0.642. The molecule has 0 radical (unpaired) electrons. The number of nitro groups is 1. The lowest BCUT2D eigenvalue weighted by atomic mass is 10.3. The Hall–Kier alpha value is -2.90. The first-order valence-corrected chi connectivity index (χ1v) is 5.71. The van der Waals surface area contributed by atoms with Crippen LogP contribution in [-0.4, -0.2) is 22.0 Å². The summed E-state index contributed by atoms with van der Waals surface area (Å²) < 4.78 is 5.09. The van der Waals surface area contributed by atoms with E-state index in [0.717, 1.165) is 0 Å². The normalized spacial score (nSPS) is 10.1. The van der Waals surface area contributed by atoms with Gasteiger partial charge in [-0.15, -0.1) is 0 Å². The second kappa shape index (κ2) is 5.39. The molecule has 0 aliphatic heterocycles. The van der Waals surface area contributed by atoms with Crippen molar-refractivity contribution in [2.45, 2.75) is 6.92 Å². The van der Waals surface area contributed by atoms with Crippen molar-refractivity contribution in [3.05, 3.63) is 40.1 Å².